The van der Waals surface area contributed by atoms with Crippen LogP contribution in [-0.4, -0.2) is 56.1 Å². The highest BCUT2D eigenvalue weighted by molar-refractivity contribution is 5.84. The Morgan fingerprint density at radius 1 is 1.12 bits per heavy atom. The molecule has 1 amide bonds. The van der Waals surface area contributed by atoms with Crippen LogP contribution >= 0.6 is 0 Å². The van der Waals surface area contributed by atoms with Gasteiger partial charge in [0, 0.05) is 26.2 Å². The third-order valence-corrected chi connectivity index (χ3v) is 6.54. The summed E-state index contributed by atoms with van der Waals surface area (Å²) in [5.41, 5.74) is -0.136. The van der Waals surface area contributed by atoms with Crippen molar-refractivity contribution in [2.24, 2.45) is 12.5 Å². The summed E-state index contributed by atoms with van der Waals surface area (Å²) in [6.07, 6.45) is 9.58. The molecule has 0 radical (unpaired) electrons. The van der Waals surface area contributed by atoms with Crippen LogP contribution in [0.4, 0.5) is 0 Å². The van der Waals surface area contributed by atoms with Crippen molar-refractivity contribution in [2.75, 3.05) is 19.6 Å². The summed E-state index contributed by atoms with van der Waals surface area (Å²) in [5, 5.41) is 4.35. The predicted molar refractivity (Wildman–Crippen MR) is 95.9 cm³/mol. The number of nitrogens with zero attached hydrogens (tertiary/aromatic N) is 5. The molecule has 1 atom stereocenters. The van der Waals surface area contributed by atoms with Crippen molar-refractivity contribution in [1.29, 1.82) is 0 Å². The van der Waals surface area contributed by atoms with Crippen LogP contribution in [0.25, 0.3) is 0 Å². The predicted octanol–water partition coefficient (Wildman–Crippen LogP) is 2.27. The van der Waals surface area contributed by atoms with E-state index in [2.05, 4.69) is 19.9 Å². The van der Waals surface area contributed by atoms with E-state index in [1.54, 1.807) is 0 Å². The molecule has 1 aliphatic carbocycles. The Morgan fingerprint density at radius 3 is 2.64 bits per heavy atom. The summed E-state index contributed by atoms with van der Waals surface area (Å²) >= 11 is 0. The lowest BCUT2D eigenvalue weighted by Crippen LogP contribution is -2.54. The van der Waals surface area contributed by atoms with Gasteiger partial charge in [-0.05, 0) is 45.6 Å². The third-order valence-electron chi connectivity index (χ3n) is 6.54. The first-order valence-electron chi connectivity index (χ1n) is 9.97. The number of aromatic nitrogens is 3. The lowest BCUT2D eigenvalue weighted by Gasteiger charge is -2.44. The average Bonchev–Trinajstić information content (AvgIpc) is 3.15. The Kier molecular flexibility index (Phi) is 4.56. The number of rotatable bonds is 3. The fraction of sp³-hybridized carbons (Fsp3) is 0.842. The summed E-state index contributed by atoms with van der Waals surface area (Å²) < 4.78 is 1.87. The SMILES string of the molecule is Cc1nc(CN2CC[C@@]3(CCCN(C4CCCCC4)C3=O)C2)n(C)n1. The van der Waals surface area contributed by atoms with Crippen LogP contribution in [-0.2, 0) is 18.4 Å². The number of amides is 1. The van der Waals surface area contributed by atoms with Gasteiger partial charge in [0.15, 0.2) is 0 Å². The first kappa shape index (κ1) is 17.0. The van der Waals surface area contributed by atoms with Gasteiger partial charge in [-0.3, -0.25) is 14.4 Å². The molecule has 6 nitrogen and oxygen atoms in total. The van der Waals surface area contributed by atoms with Crippen LogP contribution in [0.2, 0.25) is 0 Å². The molecule has 2 saturated heterocycles. The van der Waals surface area contributed by atoms with Gasteiger partial charge in [-0.2, -0.15) is 5.10 Å². The fourth-order valence-corrected chi connectivity index (χ4v) is 5.21. The molecule has 6 heteroatoms. The molecule has 1 aromatic heterocycles. The van der Waals surface area contributed by atoms with Crippen molar-refractivity contribution in [1.82, 2.24) is 24.6 Å². The summed E-state index contributed by atoms with van der Waals surface area (Å²) in [4.78, 5) is 22.6. The molecule has 1 spiro atoms. The molecule has 138 valence electrons. The van der Waals surface area contributed by atoms with E-state index in [9.17, 15) is 4.79 Å². The van der Waals surface area contributed by atoms with E-state index in [0.29, 0.717) is 11.9 Å². The van der Waals surface area contributed by atoms with E-state index in [4.69, 9.17) is 0 Å². The number of aryl methyl sites for hydroxylation is 2. The minimum atomic E-state index is -0.136. The monoisotopic (exact) mass is 345 g/mol. The van der Waals surface area contributed by atoms with Crippen LogP contribution in [0.1, 0.15) is 63.0 Å². The number of hydrogen-bond acceptors (Lipinski definition) is 4. The topological polar surface area (TPSA) is 54.3 Å². The quantitative estimate of drug-likeness (QED) is 0.843. The van der Waals surface area contributed by atoms with Gasteiger partial charge in [0.25, 0.3) is 0 Å². The Morgan fingerprint density at radius 2 is 1.92 bits per heavy atom. The first-order chi connectivity index (χ1) is 12.1. The van der Waals surface area contributed by atoms with Crippen molar-refractivity contribution in [3.8, 4) is 0 Å². The van der Waals surface area contributed by atoms with E-state index < -0.39 is 0 Å². The van der Waals surface area contributed by atoms with Crippen LogP contribution < -0.4 is 0 Å². The van der Waals surface area contributed by atoms with Gasteiger partial charge in [0.2, 0.25) is 5.91 Å². The normalized spacial score (nSPS) is 29.0. The zero-order valence-corrected chi connectivity index (χ0v) is 15.7. The van der Waals surface area contributed by atoms with Crippen LogP contribution in [0, 0.1) is 12.3 Å². The molecule has 3 aliphatic rings. The molecule has 4 rings (SSSR count). The second kappa shape index (κ2) is 6.71. The highest BCUT2D eigenvalue weighted by Crippen LogP contribution is 2.42. The molecule has 0 unspecified atom stereocenters. The van der Waals surface area contributed by atoms with Crippen LogP contribution in [0.5, 0.6) is 0 Å². The van der Waals surface area contributed by atoms with Gasteiger partial charge >= 0.3 is 0 Å². The molecule has 0 bridgehead atoms. The highest BCUT2D eigenvalue weighted by Gasteiger charge is 2.49. The molecule has 1 aromatic rings. The molecule has 0 N–H and O–H groups in total. The summed E-state index contributed by atoms with van der Waals surface area (Å²) in [6.45, 7) is 5.60. The largest absolute Gasteiger partial charge is 0.339 e. The fourth-order valence-electron chi connectivity index (χ4n) is 5.21. The summed E-state index contributed by atoms with van der Waals surface area (Å²) in [5.74, 6) is 2.27. The number of hydrogen-bond donors (Lipinski definition) is 0. The second-order valence-electron chi connectivity index (χ2n) is 8.33. The smallest absolute Gasteiger partial charge is 0.230 e. The lowest BCUT2D eigenvalue weighted by molar-refractivity contribution is -0.149. The van der Waals surface area contributed by atoms with E-state index in [0.717, 1.165) is 50.7 Å². The molecular formula is C19H31N5O. The van der Waals surface area contributed by atoms with E-state index in [1.807, 2.05) is 18.7 Å². The number of carbonyl (C=O) groups excluding carboxylic acids is 1. The van der Waals surface area contributed by atoms with Gasteiger partial charge < -0.3 is 4.90 Å². The van der Waals surface area contributed by atoms with E-state index in [1.165, 1.54) is 38.5 Å². The molecule has 2 aliphatic heterocycles. The molecule has 25 heavy (non-hydrogen) atoms. The van der Waals surface area contributed by atoms with Crippen molar-refractivity contribution >= 4 is 5.91 Å². The van der Waals surface area contributed by atoms with Crippen molar-refractivity contribution in [3.05, 3.63) is 11.6 Å². The van der Waals surface area contributed by atoms with Crippen molar-refractivity contribution in [3.63, 3.8) is 0 Å². The van der Waals surface area contributed by atoms with Gasteiger partial charge in [0.05, 0.1) is 12.0 Å². The number of carbonyl (C=O) groups is 1. The first-order valence-corrected chi connectivity index (χ1v) is 9.97. The maximum atomic E-state index is 13.4. The zero-order valence-electron chi connectivity index (χ0n) is 15.7. The van der Waals surface area contributed by atoms with E-state index >= 15 is 0 Å². The summed E-state index contributed by atoms with van der Waals surface area (Å²) in [6, 6.07) is 0.508. The average molecular weight is 345 g/mol. The summed E-state index contributed by atoms with van der Waals surface area (Å²) in [7, 11) is 1.96. The Balaban J connectivity index is 1.44. The maximum Gasteiger partial charge on any atom is 0.230 e. The Hall–Kier alpha value is -1.43. The molecular weight excluding hydrogens is 314 g/mol. The minimum Gasteiger partial charge on any atom is -0.339 e. The second-order valence-corrected chi connectivity index (χ2v) is 8.33. The maximum absolute atomic E-state index is 13.4. The molecule has 3 heterocycles. The molecule has 3 fully saturated rings. The van der Waals surface area contributed by atoms with Gasteiger partial charge in [0.1, 0.15) is 11.6 Å². The van der Waals surface area contributed by atoms with Gasteiger partial charge in [-0.25, -0.2) is 4.98 Å². The third kappa shape index (κ3) is 3.21. The lowest BCUT2D eigenvalue weighted by atomic mass is 9.77. The molecule has 1 saturated carbocycles. The van der Waals surface area contributed by atoms with Crippen LogP contribution in [0.15, 0.2) is 0 Å². The van der Waals surface area contributed by atoms with E-state index in [-0.39, 0.29) is 5.41 Å². The Bertz CT molecular complexity index is 636. The standard InChI is InChI=1S/C19H31N5O/c1-15-20-17(22(2)21-15)13-23-12-10-19(14-23)9-6-11-24(18(19)25)16-7-4-3-5-8-16/h16H,3-14H2,1-2H3/t19-/m0/s1. The van der Waals surface area contributed by atoms with Crippen molar-refractivity contribution in [2.45, 2.75) is 70.9 Å². The molecule has 0 aromatic carbocycles. The minimum absolute atomic E-state index is 0.136. The number of piperidine rings is 1. The van der Waals surface area contributed by atoms with Crippen LogP contribution in [0.3, 0.4) is 0 Å². The number of likely N-dealkylation sites (tertiary alicyclic amines) is 2. The van der Waals surface area contributed by atoms with Crippen molar-refractivity contribution < 1.29 is 4.79 Å². The van der Waals surface area contributed by atoms with Gasteiger partial charge in [-0.15, -0.1) is 0 Å². The highest BCUT2D eigenvalue weighted by atomic mass is 16.2. The Labute approximate surface area is 150 Å². The zero-order chi connectivity index (χ0) is 17.4. The van der Waals surface area contributed by atoms with Gasteiger partial charge in [-0.1, -0.05) is 19.3 Å².